The van der Waals surface area contributed by atoms with Gasteiger partial charge in [-0.3, -0.25) is 4.79 Å². The SMILES string of the molecule is CO[C@H]1[C@@H](O)[C@H](O[C@H]2[C@@H](OC)C[C@H](O[C@@H]3[C@@H](C)O[C@@H](O[C@H]4[C@@H](OC)C[C@H](O[C@H]5CC[C@@]6(C)[C@@H](CC[C@@H]7[C@@H]6C[C@@H](OC(C)=O)[C@]6(C)[C@](O)(C(C)OC(=O)c8ccccc8N)CC[C@]76O)C5)O[C@@H]4C)C[C@H]3OC)O[C@@H]2C)O[C@H](C)[C@H]1O[C@@H]1O[C@H](CO)[C@@H](O)[C@H](O)[C@H]1O. The van der Waals surface area contributed by atoms with E-state index in [0.717, 1.165) is 25.7 Å². The molecule has 0 radical (unpaired) electrons. The molecule has 1 unspecified atom stereocenters. The van der Waals surface area contributed by atoms with Crippen LogP contribution >= 0.6 is 0 Å². The van der Waals surface area contributed by atoms with Gasteiger partial charge in [0.1, 0.15) is 78.8 Å². The first-order valence-electron chi connectivity index (χ1n) is 32.3. The highest BCUT2D eigenvalue weighted by Crippen LogP contribution is 2.71. The number of hydrogen-bond acceptors (Lipinski definition) is 26. The first kappa shape index (κ1) is 69.9. The van der Waals surface area contributed by atoms with Gasteiger partial charge in [0.15, 0.2) is 31.5 Å². The van der Waals surface area contributed by atoms with E-state index in [1.54, 1.807) is 59.3 Å². The van der Waals surface area contributed by atoms with Gasteiger partial charge in [-0.05, 0) is 121 Å². The Bertz CT molecular complexity index is 2570. The summed E-state index contributed by atoms with van der Waals surface area (Å²) in [6, 6.07) is 6.58. The number of anilines is 1. The Morgan fingerprint density at radius 1 is 0.611 bits per heavy atom. The number of esters is 2. The van der Waals surface area contributed by atoms with E-state index >= 15 is 0 Å². The molecule has 0 amide bonds. The molecule has 10 rings (SSSR count). The second-order valence-corrected chi connectivity index (χ2v) is 27.4. The molecule has 0 spiro atoms. The molecule has 1 aromatic rings. The molecule has 4 saturated carbocycles. The molecule has 9 fully saturated rings. The molecular formula is C64H101NO25. The van der Waals surface area contributed by atoms with Crippen molar-refractivity contribution in [2.45, 2.75) is 291 Å². The average Bonchev–Trinajstić information content (AvgIpc) is 1.41. The molecule has 26 heteroatoms. The van der Waals surface area contributed by atoms with Gasteiger partial charge < -0.3 is 117 Å². The van der Waals surface area contributed by atoms with Crippen LogP contribution in [0, 0.1) is 28.6 Å². The normalized spacial score (nSPS) is 49.2. The molecule has 0 bridgehead atoms. The van der Waals surface area contributed by atoms with Gasteiger partial charge >= 0.3 is 11.9 Å². The lowest BCUT2D eigenvalue weighted by Crippen LogP contribution is -2.72. The Kier molecular flexibility index (Phi) is 21.8. The topological polar surface area (TPSA) is 349 Å². The molecule has 4 aliphatic carbocycles. The Hall–Kier alpha value is -2.88. The number of carbonyl (C=O) groups is 2. The fourth-order valence-corrected chi connectivity index (χ4v) is 17.5. The molecule has 5 heterocycles. The highest BCUT2D eigenvalue weighted by Gasteiger charge is 2.77. The molecule has 90 heavy (non-hydrogen) atoms. The smallest absolute Gasteiger partial charge is 0.340 e. The van der Waals surface area contributed by atoms with Crippen molar-refractivity contribution >= 4 is 17.6 Å². The molecule has 0 aromatic heterocycles. The molecule has 5 aliphatic heterocycles. The van der Waals surface area contributed by atoms with E-state index in [2.05, 4.69) is 6.92 Å². The number of para-hydroxylation sites is 1. The van der Waals surface area contributed by atoms with Crippen LogP contribution in [0.1, 0.15) is 136 Å². The van der Waals surface area contributed by atoms with Crippen molar-refractivity contribution in [2.24, 2.45) is 28.6 Å². The van der Waals surface area contributed by atoms with Crippen LogP contribution in [0.5, 0.6) is 0 Å². The summed E-state index contributed by atoms with van der Waals surface area (Å²) in [5.74, 6) is -1.22. The summed E-state index contributed by atoms with van der Waals surface area (Å²) < 4.78 is 99.8. The zero-order chi connectivity index (χ0) is 65.1. The standard InChI is InChI=1S/C64H101NO25/c1-29-53(87-47-26-42(76-10)54(30(2)80-47)88-48-27-43(77-11)55(31(3)81-48)89-60-52(71)57(78-12)56(32(4)82-60)90-59-51(70)50(69)49(68)44(28-66)86-59)41(75-9)25-46(79-29)85-36-19-20-61(7)35(23-36)17-18-38-39(61)24-45(84-34(6)67)62(8)63(73,21-22-64(38,62)74)33(5)83-58(72)37-15-13-14-16-40(37)65/h13-16,29-33,35-36,38-39,41-57,59-60,66,68-71,73-74H,17-28,65H2,1-12H3/t29-,30-,31-,32-,33?,35+,36+,38-,39+,41+,42-,43+,44-,45-,46+,47+,48+,49-,50+,51-,52-,53-,54-,55-,56-,57+,59+,60+,61+,62-,63-,64+/m1/s1. The summed E-state index contributed by atoms with van der Waals surface area (Å²) in [5.41, 5.74) is 1.77. The van der Waals surface area contributed by atoms with E-state index < -0.39 is 183 Å². The van der Waals surface area contributed by atoms with Crippen molar-refractivity contribution in [1.29, 1.82) is 0 Å². The van der Waals surface area contributed by atoms with Crippen molar-refractivity contribution in [3.05, 3.63) is 29.8 Å². The summed E-state index contributed by atoms with van der Waals surface area (Å²) in [6.45, 7) is 13.7. The van der Waals surface area contributed by atoms with Gasteiger partial charge in [-0.15, -0.1) is 0 Å². The van der Waals surface area contributed by atoms with Crippen LogP contribution in [0.4, 0.5) is 5.69 Å². The molecule has 9 aliphatic rings. The van der Waals surface area contributed by atoms with Gasteiger partial charge in [0.05, 0.1) is 72.0 Å². The first-order valence-corrected chi connectivity index (χ1v) is 32.3. The van der Waals surface area contributed by atoms with Crippen molar-refractivity contribution in [2.75, 3.05) is 40.8 Å². The lowest BCUT2D eigenvalue weighted by atomic mass is 9.42. The monoisotopic (exact) mass is 1280 g/mol. The third-order valence-corrected chi connectivity index (χ3v) is 22.7. The summed E-state index contributed by atoms with van der Waals surface area (Å²) in [5, 5.41) is 78.6. The zero-order valence-electron chi connectivity index (χ0n) is 54.0. The van der Waals surface area contributed by atoms with E-state index in [9.17, 15) is 45.3 Å². The molecule has 26 nitrogen and oxygen atoms in total. The van der Waals surface area contributed by atoms with Crippen LogP contribution in [0.15, 0.2) is 24.3 Å². The predicted octanol–water partition coefficient (Wildman–Crippen LogP) is 2.54. The molecule has 9 N–H and O–H groups in total. The Labute approximate surface area is 527 Å². The Morgan fingerprint density at radius 3 is 1.71 bits per heavy atom. The Balaban J connectivity index is 0.712. The number of methoxy groups -OCH3 is 4. The Morgan fingerprint density at radius 2 is 1.16 bits per heavy atom. The average molecular weight is 1280 g/mol. The summed E-state index contributed by atoms with van der Waals surface area (Å²) in [6.07, 6.45) is -16.8. The number of rotatable bonds is 19. The van der Waals surface area contributed by atoms with Crippen LogP contribution in [-0.4, -0.2) is 247 Å². The fraction of sp³-hybridized carbons (Fsp3) is 0.875. The number of aliphatic hydroxyl groups excluding tert-OH is 5. The number of fused-ring (bicyclic) bond motifs is 5. The second kappa shape index (κ2) is 28.1. The number of carbonyl (C=O) groups excluding carboxylic acids is 2. The van der Waals surface area contributed by atoms with Crippen LogP contribution < -0.4 is 5.73 Å². The van der Waals surface area contributed by atoms with E-state index in [0.29, 0.717) is 25.7 Å². The third kappa shape index (κ3) is 12.9. The van der Waals surface area contributed by atoms with Crippen molar-refractivity contribution in [3.8, 4) is 0 Å². The lowest BCUT2D eigenvalue weighted by Gasteiger charge is -2.66. The highest BCUT2D eigenvalue weighted by atomic mass is 16.8. The van der Waals surface area contributed by atoms with E-state index in [1.807, 2.05) is 20.8 Å². The molecular weight excluding hydrogens is 1180 g/mol. The summed E-state index contributed by atoms with van der Waals surface area (Å²) in [4.78, 5) is 26.4. The van der Waals surface area contributed by atoms with Crippen LogP contribution in [0.2, 0.25) is 0 Å². The zero-order valence-corrected chi connectivity index (χ0v) is 54.0. The molecule has 1 aromatic carbocycles. The lowest BCUT2D eigenvalue weighted by molar-refractivity contribution is -0.374. The van der Waals surface area contributed by atoms with Gasteiger partial charge in [-0.2, -0.15) is 0 Å². The summed E-state index contributed by atoms with van der Waals surface area (Å²) in [7, 11) is 6.16. The van der Waals surface area contributed by atoms with Crippen LogP contribution in [-0.2, 0) is 80.6 Å². The maximum absolute atomic E-state index is 13.5. The molecule has 5 saturated heterocycles. The van der Waals surface area contributed by atoms with Crippen molar-refractivity contribution < 1.29 is 121 Å². The highest BCUT2D eigenvalue weighted by molar-refractivity contribution is 5.95. The van der Waals surface area contributed by atoms with Gasteiger partial charge in [0.25, 0.3) is 0 Å². The maximum Gasteiger partial charge on any atom is 0.340 e. The molecule has 512 valence electrons. The minimum atomic E-state index is -1.73. The van der Waals surface area contributed by atoms with Gasteiger partial charge in [0.2, 0.25) is 0 Å². The van der Waals surface area contributed by atoms with Crippen molar-refractivity contribution in [3.63, 3.8) is 0 Å². The van der Waals surface area contributed by atoms with Gasteiger partial charge in [-0.1, -0.05) is 26.0 Å². The number of nitrogen functional groups attached to an aromatic ring is 1. The van der Waals surface area contributed by atoms with Crippen molar-refractivity contribution in [1.82, 2.24) is 0 Å². The van der Waals surface area contributed by atoms with Crippen LogP contribution in [0.3, 0.4) is 0 Å². The third-order valence-electron chi connectivity index (χ3n) is 22.7. The predicted molar refractivity (Wildman–Crippen MR) is 313 cm³/mol. The number of nitrogens with two attached hydrogens (primary N) is 1. The van der Waals surface area contributed by atoms with E-state index in [1.165, 1.54) is 21.1 Å². The van der Waals surface area contributed by atoms with E-state index in [4.69, 9.17) is 81.5 Å². The summed E-state index contributed by atoms with van der Waals surface area (Å²) >= 11 is 0. The number of hydrogen-bond donors (Lipinski definition) is 8. The first-order chi connectivity index (χ1) is 42.7. The number of aliphatic hydroxyl groups is 7. The molecule has 32 atom stereocenters. The minimum absolute atomic E-state index is 0.0375. The van der Waals surface area contributed by atoms with Crippen LogP contribution in [0.25, 0.3) is 0 Å². The maximum atomic E-state index is 13.5. The van der Waals surface area contributed by atoms with Gasteiger partial charge in [-0.25, -0.2) is 4.79 Å². The fourth-order valence-electron chi connectivity index (χ4n) is 17.5. The minimum Gasteiger partial charge on any atom is -0.462 e. The number of ether oxygens (including phenoxy) is 16. The van der Waals surface area contributed by atoms with Gasteiger partial charge in [0, 0.05) is 60.3 Å². The second-order valence-electron chi connectivity index (χ2n) is 27.4. The largest absolute Gasteiger partial charge is 0.462 e. The van der Waals surface area contributed by atoms with E-state index in [-0.39, 0.29) is 59.8 Å². The number of benzene rings is 1. The quantitative estimate of drug-likeness (QED) is 0.0560.